The minimum Gasteiger partial charge on any atom is -0.391 e. The number of carbonyl (C=O) groups is 1. The molecule has 1 fully saturated rings. The van der Waals surface area contributed by atoms with Crippen molar-refractivity contribution < 1.29 is 9.90 Å². The summed E-state index contributed by atoms with van der Waals surface area (Å²) in [7, 11) is 0. The fraction of sp³-hybridized carbons (Fsp3) is 0.700. The molecule has 1 aliphatic rings. The van der Waals surface area contributed by atoms with Crippen LogP contribution < -0.4 is 5.32 Å². The summed E-state index contributed by atoms with van der Waals surface area (Å²) in [5.74, 6) is 2.12. The van der Waals surface area contributed by atoms with E-state index in [1.165, 1.54) is 0 Å². The second kappa shape index (κ2) is 4.88. The van der Waals surface area contributed by atoms with E-state index in [1.807, 2.05) is 0 Å². The molecule has 0 saturated heterocycles. The van der Waals surface area contributed by atoms with Crippen molar-refractivity contribution >= 4 is 5.91 Å². The molecule has 2 atom stereocenters. The molecule has 0 aromatic carbocycles. The van der Waals surface area contributed by atoms with Crippen molar-refractivity contribution in [2.24, 2.45) is 0 Å². The molecular formula is C10H15NO2. The predicted octanol–water partition coefficient (Wildman–Crippen LogP) is 0.429. The Labute approximate surface area is 78.5 Å². The molecule has 0 aliphatic heterocycles. The SMILES string of the molecule is C#CCC(=O)N[C@@H]1CCCC[C@H]1O. The van der Waals surface area contributed by atoms with E-state index in [4.69, 9.17) is 6.42 Å². The highest BCUT2D eigenvalue weighted by molar-refractivity contribution is 5.78. The van der Waals surface area contributed by atoms with Crippen molar-refractivity contribution in [3.8, 4) is 12.3 Å². The zero-order chi connectivity index (χ0) is 9.68. The highest BCUT2D eigenvalue weighted by Gasteiger charge is 2.23. The fourth-order valence-corrected chi connectivity index (χ4v) is 1.63. The average molecular weight is 181 g/mol. The van der Waals surface area contributed by atoms with Crippen LogP contribution >= 0.6 is 0 Å². The van der Waals surface area contributed by atoms with Gasteiger partial charge in [-0.15, -0.1) is 6.42 Å². The average Bonchev–Trinajstić information content (AvgIpc) is 2.09. The summed E-state index contributed by atoms with van der Waals surface area (Å²) in [6.45, 7) is 0. The largest absolute Gasteiger partial charge is 0.391 e. The lowest BCUT2D eigenvalue weighted by Gasteiger charge is -2.28. The lowest BCUT2D eigenvalue weighted by Crippen LogP contribution is -2.44. The first-order chi connectivity index (χ1) is 6.24. The summed E-state index contributed by atoms with van der Waals surface area (Å²) < 4.78 is 0. The van der Waals surface area contributed by atoms with Crippen LogP contribution in [0.5, 0.6) is 0 Å². The van der Waals surface area contributed by atoms with Crippen molar-refractivity contribution in [3.63, 3.8) is 0 Å². The summed E-state index contributed by atoms with van der Waals surface area (Å²) >= 11 is 0. The van der Waals surface area contributed by atoms with Gasteiger partial charge < -0.3 is 10.4 Å². The van der Waals surface area contributed by atoms with Crippen molar-refractivity contribution in [1.29, 1.82) is 0 Å². The maximum Gasteiger partial charge on any atom is 0.232 e. The van der Waals surface area contributed by atoms with Crippen LogP contribution in [0.25, 0.3) is 0 Å². The Bertz CT molecular complexity index is 219. The van der Waals surface area contributed by atoms with Gasteiger partial charge in [0.2, 0.25) is 5.91 Å². The monoisotopic (exact) mass is 181 g/mol. The first-order valence-corrected chi connectivity index (χ1v) is 4.65. The molecule has 1 saturated carbocycles. The van der Waals surface area contributed by atoms with Gasteiger partial charge in [0, 0.05) is 0 Å². The highest BCUT2D eigenvalue weighted by Crippen LogP contribution is 2.18. The molecule has 1 rings (SSSR count). The lowest BCUT2D eigenvalue weighted by molar-refractivity contribution is -0.122. The molecule has 2 N–H and O–H groups in total. The maximum atomic E-state index is 11.1. The molecular weight excluding hydrogens is 166 g/mol. The van der Waals surface area contributed by atoms with Crippen molar-refractivity contribution in [2.45, 2.75) is 44.2 Å². The zero-order valence-electron chi connectivity index (χ0n) is 7.62. The van der Waals surface area contributed by atoms with E-state index in [9.17, 15) is 9.90 Å². The number of nitrogens with one attached hydrogen (secondary N) is 1. The molecule has 3 heteroatoms. The summed E-state index contributed by atoms with van der Waals surface area (Å²) in [6.07, 6.45) is 8.45. The van der Waals surface area contributed by atoms with E-state index in [0.29, 0.717) is 0 Å². The van der Waals surface area contributed by atoms with Gasteiger partial charge in [0.25, 0.3) is 0 Å². The second-order valence-corrected chi connectivity index (χ2v) is 3.41. The fourth-order valence-electron chi connectivity index (χ4n) is 1.63. The Morgan fingerprint density at radius 3 is 2.85 bits per heavy atom. The number of terminal acetylenes is 1. The van der Waals surface area contributed by atoms with Gasteiger partial charge in [-0.05, 0) is 12.8 Å². The number of hydrogen-bond donors (Lipinski definition) is 2. The molecule has 0 aromatic rings. The molecule has 1 aliphatic carbocycles. The van der Waals surface area contributed by atoms with E-state index in [0.717, 1.165) is 25.7 Å². The summed E-state index contributed by atoms with van der Waals surface area (Å²) in [4.78, 5) is 11.1. The van der Waals surface area contributed by atoms with Crippen LogP contribution in [-0.4, -0.2) is 23.2 Å². The van der Waals surface area contributed by atoms with E-state index in [1.54, 1.807) is 0 Å². The predicted molar refractivity (Wildman–Crippen MR) is 49.9 cm³/mol. The summed E-state index contributed by atoms with van der Waals surface area (Å²) in [5.41, 5.74) is 0. The number of aliphatic hydroxyl groups excluding tert-OH is 1. The van der Waals surface area contributed by atoms with Gasteiger partial charge in [-0.2, -0.15) is 0 Å². The van der Waals surface area contributed by atoms with Gasteiger partial charge in [0.1, 0.15) is 0 Å². The molecule has 0 spiro atoms. The number of hydrogen-bond acceptors (Lipinski definition) is 2. The Morgan fingerprint density at radius 2 is 2.23 bits per heavy atom. The van der Waals surface area contributed by atoms with Gasteiger partial charge in [0.15, 0.2) is 0 Å². The number of carbonyl (C=O) groups excluding carboxylic acids is 1. The Kier molecular flexibility index (Phi) is 3.78. The quantitative estimate of drug-likeness (QED) is 0.607. The van der Waals surface area contributed by atoms with Gasteiger partial charge in [-0.1, -0.05) is 18.8 Å². The van der Waals surface area contributed by atoms with Crippen LogP contribution in [0.3, 0.4) is 0 Å². The highest BCUT2D eigenvalue weighted by atomic mass is 16.3. The van der Waals surface area contributed by atoms with Crippen LogP contribution in [0.4, 0.5) is 0 Å². The molecule has 0 radical (unpaired) electrons. The molecule has 13 heavy (non-hydrogen) atoms. The summed E-state index contributed by atoms with van der Waals surface area (Å²) in [6, 6.07) is -0.0883. The van der Waals surface area contributed by atoms with Gasteiger partial charge in [0.05, 0.1) is 18.6 Å². The van der Waals surface area contributed by atoms with Gasteiger partial charge >= 0.3 is 0 Å². The first kappa shape index (κ1) is 10.1. The number of amides is 1. The maximum absolute atomic E-state index is 11.1. The van der Waals surface area contributed by atoms with Crippen LogP contribution in [0.1, 0.15) is 32.1 Å². The van der Waals surface area contributed by atoms with Crippen LogP contribution in [0, 0.1) is 12.3 Å². The number of aliphatic hydroxyl groups is 1. The Balaban J connectivity index is 2.34. The van der Waals surface area contributed by atoms with Crippen molar-refractivity contribution in [1.82, 2.24) is 5.32 Å². The lowest BCUT2D eigenvalue weighted by atomic mass is 9.92. The van der Waals surface area contributed by atoms with E-state index in [-0.39, 0.29) is 18.4 Å². The molecule has 0 unspecified atom stereocenters. The van der Waals surface area contributed by atoms with E-state index in [2.05, 4.69) is 11.2 Å². The number of rotatable bonds is 2. The third kappa shape index (κ3) is 3.08. The minimum absolute atomic E-state index is 0.0883. The molecule has 3 nitrogen and oxygen atoms in total. The molecule has 72 valence electrons. The van der Waals surface area contributed by atoms with E-state index < -0.39 is 6.10 Å². The topological polar surface area (TPSA) is 49.3 Å². The van der Waals surface area contributed by atoms with Crippen molar-refractivity contribution in [2.75, 3.05) is 0 Å². The van der Waals surface area contributed by atoms with Gasteiger partial charge in [-0.25, -0.2) is 0 Å². The molecule has 0 aromatic heterocycles. The molecule has 1 amide bonds. The summed E-state index contributed by atoms with van der Waals surface area (Å²) in [5, 5.41) is 12.3. The third-order valence-corrected chi connectivity index (χ3v) is 2.34. The smallest absolute Gasteiger partial charge is 0.232 e. The van der Waals surface area contributed by atoms with Crippen LogP contribution in [-0.2, 0) is 4.79 Å². The molecule has 0 bridgehead atoms. The van der Waals surface area contributed by atoms with Crippen molar-refractivity contribution in [3.05, 3.63) is 0 Å². The molecule has 0 heterocycles. The zero-order valence-corrected chi connectivity index (χ0v) is 7.62. The minimum atomic E-state index is -0.393. The van der Waals surface area contributed by atoms with E-state index >= 15 is 0 Å². The Morgan fingerprint density at radius 1 is 1.54 bits per heavy atom. The normalized spacial score (nSPS) is 27.7. The third-order valence-electron chi connectivity index (χ3n) is 2.34. The van der Waals surface area contributed by atoms with Gasteiger partial charge in [-0.3, -0.25) is 4.79 Å². The van der Waals surface area contributed by atoms with Crippen LogP contribution in [0.2, 0.25) is 0 Å². The first-order valence-electron chi connectivity index (χ1n) is 4.65. The second-order valence-electron chi connectivity index (χ2n) is 3.41. The standard InChI is InChI=1S/C10H15NO2/c1-2-5-10(13)11-8-6-3-4-7-9(8)12/h1,8-9,12H,3-7H2,(H,11,13)/t8-,9-/m1/s1. The van der Waals surface area contributed by atoms with Crippen LogP contribution in [0.15, 0.2) is 0 Å². The Hall–Kier alpha value is -1.01.